The predicted molar refractivity (Wildman–Crippen MR) is 95.1 cm³/mol. The number of ether oxygens (including phenoxy) is 1. The lowest BCUT2D eigenvalue weighted by Crippen LogP contribution is -2.50. The highest BCUT2D eigenvalue weighted by Gasteiger charge is 2.38. The molecule has 0 aromatic carbocycles. The van der Waals surface area contributed by atoms with Crippen LogP contribution in [0.1, 0.15) is 65.8 Å². The second kappa shape index (κ2) is 7.71. The number of aromatic nitrogens is 2. The fourth-order valence-electron chi connectivity index (χ4n) is 3.11. The summed E-state index contributed by atoms with van der Waals surface area (Å²) in [5.41, 5.74) is 0.0320. The lowest BCUT2D eigenvalue weighted by atomic mass is 9.84. The van der Waals surface area contributed by atoms with Crippen LogP contribution in [0.25, 0.3) is 0 Å². The Morgan fingerprint density at radius 3 is 2.58 bits per heavy atom. The Balaban J connectivity index is 2.03. The van der Waals surface area contributed by atoms with Gasteiger partial charge in [0.2, 0.25) is 0 Å². The Hall–Kier alpha value is -1.32. The van der Waals surface area contributed by atoms with E-state index in [0.29, 0.717) is 12.3 Å². The van der Waals surface area contributed by atoms with Crippen LogP contribution in [0.2, 0.25) is 0 Å². The van der Waals surface area contributed by atoms with Crippen LogP contribution in [-0.4, -0.2) is 35.6 Å². The zero-order chi connectivity index (χ0) is 17.8. The summed E-state index contributed by atoms with van der Waals surface area (Å²) >= 11 is 0. The van der Waals surface area contributed by atoms with Gasteiger partial charge in [0, 0.05) is 19.5 Å². The fraction of sp³-hybridized carbons (Fsp3) is 0.778. The fourth-order valence-corrected chi connectivity index (χ4v) is 3.11. The Bertz CT molecular complexity index is 571. The third kappa shape index (κ3) is 4.20. The molecule has 0 spiro atoms. The molecule has 0 unspecified atom stereocenters. The largest absolute Gasteiger partial charge is 0.426 e. The molecule has 6 heteroatoms. The van der Waals surface area contributed by atoms with Gasteiger partial charge in [-0.3, -0.25) is 4.68 Å². The van der Waals surface area contributed by atoms with Gasteiger partial charge in [-0.15, -0.1) is 0 Å². The van der Waals surface area contributed by atoms with Crippen LogP contribution in [0.4, 0.5) is 0 Å². The maximum absolute atomic E-state index is 9.15. The second-order valence-corrected chi connectivity index (χ2v) is 7.69. The molecule has 0 bridgehead atoms. The molecule has 1 aromatic rings. The van der Waals surface area contributed by atoms with Gasteiger partial charge in [0.1, 0.15) is 0 Å². The highest BCUT2D eigenvalue weighted by molar-refractivity contribution is 6.46. The van der Waals surface area contributed by atoms with Gasteiger partial charge in [0.15, 0.2) is 0 Å². The maximum Gasteiger partial charge on any atom is 0.334 e. The Labute approximate surface area is 146 Å². The predicted octanol–water partition coefficient (Wildman–Crippen LogP) is 2.99. The highest BCUT2D eigenvalue weighted by atomic mass is 16.5. The summed E-state index contributed by atoms with van der Waals surface area (Å²) in [7, 11) is 3.43. The van der Waals surface area contributed by atoms with E-state index in [1.54, 1.807) is 20.8 Å². The Morgan fingerprint density at radius 2 is 2.00 bits per heavy atom. The van der Waals surface area contributed by atoms with Crippen molar-refractivity contribution in [2.24, 2.45) is 5.92 Å². The van der Waals surface area contributed by atoms with Gasteiger partial charge in [-0.1, -0.05) is 12.8 Å². The minimum Gasteiger partial charge on any atom is -0.426 e. The van der Waals surface area contributed by atoms with E-state index in [0.717, 1.165) is 5.46 Å². The van der Waals surface area contributed by atoms with E-state index >= 15 is 0 Å². The number of methoxy groups -OCH3 is 1. The van der Waals surface area contributed by atoms with Gasteiger partial charge in [-0.05, 0) is 51.9 Å². The smallest absolute Gasteiger partial charge is 0.334 e. The van der Waals surface area contributed by atoms with E-state index in [4.69, 9.17) is 14.7 Å². The normalized spacial score (nSPS) is 17.7. The first kappa shape index (κ1) is 19.0. The zero-order valence-electron chi connectivity index (χ0n) is 15.6. The van der Waals surface area contributed by atoms with Crippen molar-refractivity contribution in [3.8, 4) is 6.07 Å². The third-order valence-corrected chi connectivity index (χ3v) is 5.66. The first-order valence-electron chi connectivity index (χ1n) is 8.78. The van der Waals surface area contributed by atoms with Crippen molar-refractivity contribution < 1.29 is 9.39 Å². The van der Waals surface area contributed by atoms with E-state index < -0.39 is 11.2 Å². The van der Waals surface area contributed by atoms with Gasteiger partial charge >= 0.3 is 7.48 Å². The molecule has 0 saturated heterocycles. The standard InChI is InChI=1S/C18H29BN3O2/c1-17(2,23-5)18(3,4)24-19-15-12-21-22(13-15)16(10-11-20)14-8-6-7-9-14/h12-14,16H,6-10H2,1-5H3/t16-/m1/s1. The van der Waals surface area contributed by atoms with Crippen LogP contribution in [0.3, 0.4) is 0 Å². The van der Waals surface area contributed by atoms with Crippen molar-refractivity contribution >= 4 is 12.9 Å². The van der Waals surface area contributed by atoms with Crippen LogP contribution >= 0.6 is 0 Å². The van der Waals surface area contributed by atoms with Gasteiger partial charge in [-0.25, -0.2) is 0 Å². The van der Waals surface area contributed by atoms with Gasteiger partial charge < -0.3 is 9.39 Å². The van der Waals surface area contributed by atoms with E-state index in [1.807, 2.05) is 38.6 Å². The number of hydrogen-bond acceptors (Lipinski definition) is 4. The first-order chi connectivity index (χ1) is 11.3. The second-order valence-electron chi connectivity index (χ2n) is 7.69. The van der Waals surface area contributed by atoms with Crippen LogP contribution in [0.5, 0.6) is 0 Å². The topological polar surface area (TPSA) is 60.1 Å². The van der Waals surface area contributed by atoms with Crippen molar-refractivity contribution in [2.75, 3.05) is 7.11 Å². The van der Waals surface area contributed by atoms with Crippen molar-refractivity contribution in [1.29, 1.82) is 5.26 Å². The summed E-state index contributed by atoms with van der Waals surface area (Å²) in [6.45, 7) is 8.03. The molecule has 24 heavy (non-hydrogen) atoms. The van der Waals surface area contributed by atoms with E-state index in [2.05, 4.69) is 11.2 Å². The number of nitriles is 1. The lowest BCUT2D eigenvalue weighted by molar-refractivity contribution is -0.114. The number of rotatable bonds is 8. The monoisotopic (exact) mass is 330 g/mol. The summed E-state index contributed by atoms with van der Waals surface area (Å²) < 4.78 is 13.5. The van der Waals surface area contributed by atoms with Crippen LogP contribution in [-0.2, 0) is 9.39 Å². The Morgan fingerprint density at radius 1 is 1.33 bits per heavy atom. The highest BCUT2D eigenvalue weighted by Crippen LogP contribution is 2.35. The summed E-state index contributed by atoms with van der Waals surface area (Å²) in [6.07, 6.45) is 9.19. The summed E-state index contributed by atoms with van der Waals surface area (Å²) in [5, 5.41) is 13.6. The quantitative estimate of drug-likeness (QED) is 0.688. The van der Waals surface area contributed by atoms with Gasteiger partial charge in [0.25, 0.3) is 0 Å². The van der Waals surface area contributed by atoms with Crippen LogP contribution in [0, 0.1) is 17.2 Å². The molecular formula is C18H29BN3O2. The lowest BCUT2D eigenvalue weighted by Gasteiger charge is -2.40. The molecule has 5 nitrogen and oxygen atoms in total. The average Bonchev–Trinajstić information content (AvgIpc) is 3.22. The summed E-state index contributed by atoms with van der Waals surface area (Å²) in [5.74, 6) is 0.558. The van der Waals surface area contributed by atoms with Crippen molar-refractivity contribution in [3.63, 3.8) is 0 Å². The van der Waals surface area contributed by atoms with Gasteiger partial charge in [0.05, 0.1) is 29.7 Å². The summed E-state index contributed by atoms with van der Waals surface area (Å²) in [4.78, 5) is 0. The van der Waals surface area contributed by atoms with E-state index in [1.165, 1.54) is 25.7 Å². The first-order valence-corrected chi connectivity index (χ1v) is 8.78. The molecule has 1 radical (unpaired) electrons. The Kier molecular flexibility index (Phi) is 6.11. The van der Waals surface area contributed by atoms with E-state index in [9.17, 15) is 0 Å². The van der Waals surface area contributed by atoms with Crippen molar-refractivity contribution in [1.82, 2.24) is 9.78 Å². The van der Waals surface area contributed by atoms with Crippen molar-refractivity contribution in [3.05, 3.63) is 12.4 Å². The molecule has 1 fully saturated rings. The third-order valence-electron chi connectivity index (χ3n) is 5.66. The zero-order valence-corrected chi connectivity index (χ0v) is 15.6. The van der Waals surface area contributed by atoms with E-state index in [-0.39, 0.29) is 6.04 Å². The minimum atomic E-state index is -0.471. The molecule has 2 rings (SSSR count). The van der Waals surface area contributed by atoms with Gasteiger partial charge in [-0.2, -0.15) is 10.4 Å². The molecule has 1 aromatic heterocycles. The number of nitrogens with zero attached hydrogens (tertiary/aromatic N) is 3. The summed E-state index contributed by atoms with van der Waals surface area (Å²) in [6, 6.07) is 2.49. The maximum atomic E-state index is 9.15. The van der Waals surface area contributed by atoms with Crippen molar-refractivity contribution in [2.45, 2.75) is 77.0 Å². The molecule has 1 saturated carbocycles. The molecule has 1 aliphatic rings. The minimum absolute atomic E-state index is 0.170. The molecule has 0 amide bonds. The van der Waals surface area contributed by atoms with Crippen LogP contribution < -0.4 is 5.46 Å². The molecule has 1 heterocycles. The van der Waals surface area contributed by atoms with Crippen LogP contribution in [0.15, 0.2) is 12.4 Å². The number of hydrogen-bond donors (Lipinski definition) is 0. The molecule has 1 aliphatic carbocycles. The molecule has 131 valence electrons. The SMILES string of the molecule is COC(C)(C)C(C)(C)O[B]c1cnn([C@H](CC#N)C2CCCC2)c1. The molecular weight excluding hydrogens is 301 g/mol. The molecule has 0 N–H and O–H groups in total. The molecule has 1 atom stereocenters. The average molecular weight is 330 g/mol. The molecule has 0 aliphatic heterocycles.